The third kappa shape index (κ3) is 2.77. The molecule has 0 saturated heterocycles. The van der Waals surface area contributed by atoms with Crippen LogP contribution in [0.5, 0.6) is 0 Å². The Labute approximate surface area is 132 Å². The van der Waals surface area contributed by atoms with E-state index in [4.69, 9.17) is 11.6 Å². The number of hydrogen-bond donors (Lipinski definition) is 1. The Hall–Kier alpha value is -0.870. The molecule has 1 aromatic carbocycles. The third-order valence-electron chi connectivity index (χ3n) is 3.30. The molecule has 0 saturated carbocycles. The van der Waals surface area contributed by atoms with Crippen molar-refractivity contribution >= 4 is 44.4 Å². The Kier molecular flexibility index (Phi) is 4.41. The van der Waals surface area contributed by atoms with Crippen molar-refractivity contribution in [3.05, 3.63) is 56.6 Å². The minimum absolute atomic E-state index is 0.231. The summed E-state index contributed by atoms with van der Waals surface area (Å²) in [5.74, 6) is 0. The number of benzene rings is 1. The normalized spacial score (nSPS) is 12.9. The van der Waals surface area contributed by atoms with Gasteiger partial charge in [-0.25, -0.2) is 0 Å². The number of nitrogens with one attached hydrogen (secondary N) is 1. The monoisotopic (exact) mass is 321 g/mol. The highest BCUT2D eigenvalue weighted by molar-refractivity contribution is 7.17. The fourth-order valence-electron chi connectivity index (χ4n) is 2.38. The molecule has 1 nitrogen and oxygen atoms in total. The van der Waals surface area contributed by atoms with Crippen LogP contribution in [0.4, 0.5) is 0 Å². The van der Waals surface area contributed by atoms with Gasteiger partial charge in [-0.2, -0.15) is 0 Å². The summed E-state index contributed by atoms with van der Waals surface area (Å²) in [5.41, 5.74) is 1.35. The third-order valence-corrected chi connectivity index (χ3v) is 5.57. The van der Waals surface area contributed by atoms with Crippen molar-refractivity contribution in [3.63, 3.8) is 0 Å². The zero-order valence-corrected chi connectivity index (χ0v) is 13.6. The number of thiophene rings is 2. The van der Waals surface area contributed by atoms with Gasteiger partial charge in [0, 0.05) is 9.58 Å². The molecule has 0 amide bonds. The van der Waals surface area contributed by atoms with Crippen LogP contribution in [0, 0.1) is 0 Å². The quantitative estimate of drug-likeness (QED) is 0.635. The van der Waals surface area contributed by atoms with Gasteiger partial charge in [-0.3, -0.25) is 0 Å². The van der Waals surface area contributed by atoms with Gasteiger partial charge in [-0.1, -0.05) is 36.7 Å². The number of rotatable bonds is 5. The first-order chi connectivity index (χ1) is 9.79. The molecule has 3 aromatic rings. The van der Waals surface area contributed by atoms with E-state index in [2.05, 4.69) is 48.0 Å². The number of halogens is 1. The Morgan fingerprint density at radius 2 is 2.10 bits per heavy atom. The number of hydrogen-bond acceptors (Lipinski definition) is 3. The molecule has 0 fully saturated rings. The summed E-state index contributed by atoms with van der Waals surface area (Å²) in [6.45, 7) is 3.19. The summed E-state index contributed by atoms with van der Waals surface area (Å²) < 4.78 is 2.22. The molecule has 0 aliphatic carbocycles. The molecular formula is C16H16ClNS2. The fourth-order valence-corrected chi connectivity index (χ4v) is 4.48. The highest BCUT2D eigenvalue weighted by Gasteiger charge is 2.18. The van der Waals surface area contributed by atoms with Crippen LogP contribution in [-0.4, -0.2) is 6.54 Å². The van der Waals surface area contributed by atoms with E-state index < -0.39 is 0 Å². The Balaban J connectivity index is 2.06. The lowest BCUT2D eigenvalue weighted by atomic mass is 10.0. The van der Waals surface area contributed by atoms with E-state index in [-0.39, 0.29) is 6.04 Å². The lowest BCUT2D eigenvalue weighted by Gasteiger charge is -2.18. The Bertz CT molecular complexity index is 701. The van der Waals surface area contributed by atoms with Crippen LogP contribution < -0.4 is 5.32 Å². The molecule has 0 aliphatic rings. The van der Waals surface area contributed by atoms with Crippen molar-refractivity contribution in [1.82, 2.24) is 5.32 Å². The second-order valence-electron chi connectivity index (χ2n) is 4.72. The SMILES string of the molecule is CCCNC(c1ccc(Cl)s1)c1cccc2ccsc12. The van der Waals surface area contributed by atoms with E-state index in [0.29, 0.717) is 0 Å². The summed E-state index contributed by atoms with van der Waals surface area (Å²) in [4.78, 5) is 1.28. The van der Waals surface area contributed by atoms with E-state index in [9.17, 15) is 0 Å². The first-order valence-corrected chi connectivity index (χ1v) is 8.81. The van der Waals surface area contributed by atoms with E-state index in [1.807, 2.05) is 17.4 Å². The maximum absolute atomic E-state index is 6.12. The molecule has 0 bridgehead atoms. The van der Waals surface area contributed by atoms with Crippen LogP contribution in [-0.2, 0) is 0 Å². The minimum atomic E-state index is 0.231. The molecule has 20 heavy (non-hydrogen) atoms. The molecule has 1 N–H and O–H groups in total. The van der Waals surface area contributed by atoms with Gasteiger partial charge in [0.2, 0.25) is 0 Å². The predicted molar refractivity (Wildman–Crippen MR) is 91.3 cm³/mol. The zero-order chi connectivity index (χ0) is 13.9. The standard InChI is InChI=1S/C16H16ClNS2/c1-2-9-18-15(13-6-7-14(17)20-13)12-5-3-4-11-8-10-19-16(11)12/h3-8,10,15,18H,2,9H2,1H3. The van der Waals surface area contributed by atoms with Gasteiger partial charge in [-0.05, 0) is 47.5 Å². The van der Waals surface area contributed by atoms with E-state index in [0.717, 1.165) is 17.3 Å². The maximum atomic E-state index is 6.12. The highest BCUT2D eigenvalue weighted by atomic mass is 35.5. The molecule has 3 rings (SSSR count). The molecule has 2 heterocycles. The average molecular weight is 322 g/mol. The van der Waals surface area contributed by atoms with E-state index >= 15 is 0 Å². The predicted octanol–water partition coefficient (Wildman–Crippen LogP) is 5.71. The van der Waals surface area contributed by atoms with Crippen molar-refractivity contribution in [3.8, 4) is 0 Å². The highest BCUT2D eigenvalue weighted by Crippen LogP contribution is 2.36. The van der Waals surface area contributed by atoms with Gasteiger partial charge >= 0.3 is 0 Å². The van der Waals surface area contributed by atoms with Gasteiger partial charge in [0.15, 0.2) is 0 Å². The van der Waals surface area contributed by atoms with Gasteiger partial charge in [0.1, 0.15) is 0 Å². The molecule has 1 unspecified atom stereocenters. The second kappa shape index (κ2) is 6.27. The van der Waals surface area contributed by atoms with Crippen molar-refractivity contribution in [2.75, 3.05) is 6.54 Å². The van der Waals surface area contributed by atoms with Crippen molar-refractivity contribution in [2.24, 2.45) is 0 Å². The molecule has 1 atom stereocenters. The van der Waals surface area contributed by atoms with Crippen molar-refractivity contribution in [2.45, 2.75) is 19.4 Å². The van der Waals surface area contributed by atoms with Gasteiger partial charge in [0.25, 0.3) is 0 Å². The summed E-state index contributed by atoms with van der Waals surface area (Å²) in [5, 5.41) is 7.13. The molecule has 4 heteroatoms. The first-order valence-electron chi connectivity index (χ1n) is 6.74. The first kappa shape index (κ1) is 14.1. The zero-order valence-electron chi connectivity index (χ0n) is 11.2. The largest absolute Gasteiger partial charge is 0.306 e. The minimum Gasteiger partial charge on any atom is -0.306 e. The van der Waals surface area contributed by atoms with Crippen LogP contribution in [0.3, 0.4) is 0 Å². The van der Waals surface area contributed by atoms with Crippen LogP contribution in [0.1, 0.15) is 29.8 Å². The van der Waals surface area contributed by atoms with Crippen molar-refractivity contribution < 1.29 is 0 Å². The lowest BCUT2D eigenvalue weighted by molar-refractivity contribution is 0.609. The molecule has 0 spiro atoms. The van der Waals surface area contributed by atoms with Crippen LogP contribution in [0.25, 0.3) is 10.1 Å². The topological polar surface area (TPSA) is 12.0 Å². The summed E-state index contributed by atoms with van der Waals surface area (Å²) >= 11 is 9.59. The maximum Gasteiger partial charge on any atom is 0.0931 e. The van der Waals surface area contributed by atoms with Crippen LogP contribution in [0.15, 0.2) is 41.8 Å². The van der Waals surface area contributed by atoms with Crippen molar-refractivity contribution in [1.29, 1.82) is 0 Å². The smallest absolute Gasteiger partial charge is 0.0931 e. The fraction of sp³-hybridized carbons (Fsp3) is 0.250. The molecule has 0 radical (unpaired) electrons. The van der Waals surface area contributed by atoms with Gasteiger partial charge in [0.05, 0.1) is 10.4 Å². The summed E-state index contributed by atoms with van der Waals surface area (Å²) in [6, 6.07) is 13.1. The number of fused-ring (bicyclic) bond motifs is 1. The molecule has 0 aliphatic heterocycles. The van der Waals surface area contributed by atoms with Crippen LogP contribution in [0.2, 0.25) is 4.34 Å². The molecule has 2 aromatic heterocycles. The lowest BCUT2D eigenvalue weighted by Crippen LogP contribution is -2.22. The molecule has 104 valence electrons. The summed E-state index contributed by atoms with van der Waals surface area (Å²) in [6.07, 6.45) is 1.12. The van der Waals surface area contributed by atoms with Gasteiger partial charge < -0.3 is 5.32 Å². The Morgan fingerprint density at radius 3 is 2.85 bits per heavy atom. The van der Waals surface area contributed by atoms with E-state index in [1.165, 1.54) is 20.5 Å². The van der Waals surface area contributed by atoms with Gasteiger partial charge in [-0.15, -0.1) is 22.7 Å². The Morgan fingerprint density at radius 1 is 1.20 bits per heavy atom. The second-order valence-corrected chi connectivity index (χ2v) is 7.38. The average Bonchev–Trinajstić information content (AvgIpc) is 3.08. The van der Waals surface area contributed by atoms with Crippen LogP contribution >= 0.6 is 34.3 Å². The molecular weight excluding hydrogens is 306 g/mol. The summed E-state index contributed by atoms with van der Waals surface area (Å²) in [7, 11) is 0. The van der Waals surface area contributed by atoms with E-state index in [1.54, 1.807) is 11.3 Å².